The average Bonchev–Trinajstić information content (AvgIpc) is 2.73. The van der Waals surface area contributed by atoms with Crippen molar-refractivity contribution < 1.29 is 0 Å². The molecule has 29 heavy (non-hydrogen) atoms. The first-order valence-electron chi connectivity index (χ1n) is 12.4. The molecule has 0 aliphatic carbocycles. The molecule has 0 saturated heterocycles. The third-order valence-corrected chi connectivity index (χ3v) is 20.2. The summed E-state index contributed by atoms with van der Waals surface area (Å²) in [6.07, 6.45) is 12.7. The van der Waals surface area contributed by atoms with Gasteiger partial charge in [0.25, 0.3) is 0 Å². The Bertz CT molecular complexity index is 364. The molecule has 0 fully saturated rings. The van der Waals surface area contributed by atoms with Crippen LogP contribution in [0.4, 0.5) is 0 Å². The molecule has 0 saturated carbocycles. The van der Waals surface area contributed by atoms with Crippen molar-refractivity contribution in [2.24, 2.45) is 0 Å². The van der Waals surface area contributed by atoms with E-state index in [1.54, 1.807) is 0 Å². The Labute approximate surface area is 197 Å². The molecule has 0 amide bonds. The van der Waals surface area contributed by atoms with Gasteiger partial charge < -0.3 is 0 Å². The van der Waals surface area contributed by atoms with Crippen molar-refractivity contribution in [1.82, 2.24) is 18.7 Å². The van der Waals surface area contributed by atoms with Crippen molar-refractivity contribution in [2.75, 3.05) is 53.9 Å². The van der Waals surface area contributed by atoms with E-state index in [-0.39, 0.29) is 0 Å². The monoisotopic (exact) mass is 544 g/mol. The van der Waals surface area contributed by atoms with Crippen LogP contribution >= 0.6 is 26.9 Å². The molecule has 0 heterocycles. The van der Waals surface area contributed by atoms with Gasteiger partial charge in [-0.25, -0.2) is 0 Å². The van der Waals surface area contributed by atoms with Gasteiger partial charge in [-0.1, -0.05) is 0 Å². The van der Waals surface area contributed by atoms with Crippen molar-refractivity contribution in [2.45, 2.75) is 98.8 Å². The Morgan fingerprint density at radius 3 is 0.966 bits per heavy atom. The zero-order valence-electron chi connectivity index (χ0n) is 21.2. The number of hydrogen-bond acceptors (Lipinski definition) is 4. The molecular formula is C23H54IN4P. The van der Waals surface area contributed by atoms with E-state index in [4.69, 9.17) is 0 Å². The average molecular weight is 545 g/mol. The summed E-state index contributed by atoms with van der Waals surface area (Å²) < 4.78 is 11.3. The van der Waals surface area contributed by atoms with E-state index < -0.39 is 4.85 Å². The van der Waals surface area contributed by atoms with Crippen LogP contribution in [0.15, 0.2) is 0 Å². The van der Waals surface area contributed by atoms with Gasteiger partial charge in [-0.05, 0) is 0 Å². The minimum atomic E-state index is -2.63. The summed E-state index contributed by atoms with van der Waals surface area (Å²) in [6, 6.07) is 0. The van der Waals surface area contributed by atoms with Crippen molar-refractivity contribution in [3.63, 3.8) is 0 Å². The van der Waals surface area contributed by atoms with E-state index in [2.05, 4.69) is 96.5 Å². The van der Waals surface area contributed by atoms with E-state index in [0.717, 1.165) is 0 Å². The summed E-state index contributed by atoms with van der Waals surface area (Å²) in [7, 11) is 7.28. The second-order valence-corrected chi connectivity index (χ2v) is 18.2. The Kier molecular flexibility index (Phi) is 16.3. The molecule has 6 heteroatoms. The topological polar surface area (TPSA) is 13.0 Å². The Hall–Kier alpha value is 1.00. The Morgan fingerprint density at radius 2 is 0.724 bits per heavy atom. The SMILES string of the molecule is CCCCN(C)P(I)(N(C)CCCC)(N(C)CCCC)N(CCCC)CCCC. The van der Waals surface area contributed by atoms with E-state index in [1.807, 2.05) is 0 Å². The predicted octanol–water partition coefficient (Wildman–Crippen LogP) is 7.65. The fraction of sp³-hybridized carbons (Fsp3) is 1.00. The van der Waals surface area contributed by atoms with Gasteiger partial charge in [0.1, 0.15) is 0 Å². The van der Waals surface area contributed by atoms with E-state index >= 15 is 0 Å². The van der Waals surface area contributed by atoms with E-state index in [1.165, 1.54) is 96.9 Å². The van der Waals surface area contributed by atoms with Crippen LogP contribution in [0, 0.1) is 0 Å². The van der Waals surface area contributed by atoms with Gasteiger partial charge in [0, 0.05) is 0 Å². The molecular weight excluding hydrogens is 490 g/mol. The third kappa shape index (κ3) is 7.53. The molecule has 0 N–H and O–H groups in total. The van der Waals surface area contributed by atoms with Gasteiger partial charge in [0.05, 0.1) is 0 Å². The predicted molar refractivity (Wildman–Crippen MR) is 145 cm³/mol. The quantitative estimate of drug-likeness (QED) is 0.122. The number of halogens is 1. The van der Waals surface area contributed by atoms with Crippen molar-refractivity contribution in [1.29, 1.82) is 0 Å². The number of hydrogen-bond donors (Lipinski definition) is 0. The molecule has 0 aromatic heterocycles. The van der Waals surface area contributed by atoms with Gasteiger partial charge in [-0.15, -0.1) is 0 Å². The zero-order chi connectivity index (χ0) is 22.4. The summed E-state index contributed by atoms with van der Waals surface area (Å²) >= 11 is 2.98. The molecule has 0 aromatic carbocycles. The molecule has 0 radical (unpaired) electrons. The molecule has 0 aromatic rings. The van der Waals surface area contributed by atoms with Crippen molar-refractivity contribution >= 4 is 26.9 Å². The van der Waals surface area contributed by atoms with Crippen LogP contribution in [0.5, 0.6) is 0 Å². The van der Waals surface area contributed by atoms with Gasteiger partial charge in [-0.3, -0.25) is 0 Å². The molecule has 0 aliphatic heterocycles. The first-order chi connectivity index (χ1) is 13.8. The first kappa shape index (κ1) is 30.0. The normalized spacial score (nSPS) is 14.3. The maximum atomic E-state index is 2.98. The summed E-state index contributed by atoms with van der Waals surface area (Å²) in [5.41, 5.74) is 0. The Balaban J connectivity index is 6.46. The molecule has 0 aliphatic rings. The molecule has 0 unspecified atom stereocenters. The van der Waals surface area contributed by atoms with Crippen LogP contribution in [-0.2, 0) is 0 Å². The fourth-order valence-electron chi connectivity index (χ4n) is 4.24. The zero-order valence-corrected chi connectivity index (χ0v) is 24.3. The minimum absolute atomic E-state index is 1.18. The molecule has 0 atom stereocenters. The first-order valence-corrected chi connectivity index (χ1v) is 17.3. The van der Waals surface area contributed by atoms with Gasteiger partial charge in [0.15, 0.2) is 0 Å². The third-order valence-electron chi connectivity index (χ3n) is 6.29. The molecule has 4 nitrogen and oxygen atoms in total. The van der Waals surface area contributed by atoms with Crippen LogP contribution in [-0.4, -0.2) is 72.5 Å². The van der Waals surface area contributed by atoms with Gasteiger partial charge in [-0.2, -0.15) is 0 Å². The summed E-state index contributed by atoms with van der Waals surface area (Å²) in [6.45, 7) is 17.6. The van der Waals surface area contributed by atoms with Gasteiger partial charge in [0.2, 0.25) is 0 Å². The van der Waals surface area contributed by atoms with Crippen molar-refractivity contribution in [3.8, 4) is 0 Å². The molecule has 178 valence electrons. The van der Waals surface area contributed by atoms with Crippen LogP contribution in [0.2, 0.25) is 0 Å². The van der Waals surface area contributed by atoms with Crippen LogP contribution < -0.4 is 0 Å². The summed E-state index contributed by atoms with van der Waals surface area (Å²) in [4.78, 5) is -2.63. The van der Waals surface area contributed by atoms with E-state index in [0.29, 0.717) is 0 Å². The number of rotatable bonds is 19. The van der Waals surface area contributed by atoms with Crippen molar-refractivity contribution in [3.05, 3.63) is 0 Å². The van der Waals surface area contributed by atoms with Crippen LogP contribution in [0.1, 0.15) is 98.8 Å². The molecule has 0 bridgehead atoms. The Morgan fingerprint density at radius 1 is 0.483 bits per heavy atom. The number of nitrogens with zero attached hydrogens (tertiary/aromatic N) is 4. The standard InChI is InChI=1S/C23H54IN4P/c1-9-14-19-25(6)29(24,26(7)20-15-10-2,27(8)21-16-11-3)28(22-17-12-4)23-18-13-5/h9-23H2,1-8H3. The maximum absolute atomic E-state index is 2.98. The summed E-state index contributed by atoms with van der Waals surface area (Å²) in [5.74, 6) is 0. The van der Waals surface area contributed by atoms with Crippen LogP contribution in [0.25, 0.3) is 0 Å². The second-order valence-electron chi connectivity index (χ2n) is 8.70. The molecule has 0 rings (SSSR count). The number of unbranched alkanes of at least 4 members (excludes halogenated alkanes) is 5. The van der Waals surface area contributed by atoms with E-state index in [9.17, 15) is 0 Å². The molecule has 0 spiro atoms. The summed E-state index contributed by atoms with van der Waals surface area (Å²) in [5, 5.41) is 0. The van der Waals surface area contributed by atoms with Crippen LogP contribution in [0.3, 0.4) is 0 Å². The fourth-order valence-corrected chi connectivity index (χ4v) is 12.8. The second kappa shape index (κ2) is 15.7. The van der Waals surface area contributed by atoms with Gasteiger partial charge >= 0.3 is 198 Å².